The van der Waals surface area contributed by atoms with E-state index in [0.29, 0.717) is 0 Å². The van der Waals surface area contributed by atoms with Crippen molar-refractivity contribution in [3.63, 3.8) is 0 Å². The van der Waals surface area contributed by atoms with Crippen LogP contribution in [0.4, 0.5) is 0 Å². The maximum Gasteiger partial charge on any atom is 0.140 e. The van der Waals surface area contributed by atoms with E-state index in [2.05, 4.69) is 0 Å². The minimum absolute atomic E-state index is 0.0127. The van der Waals surface area contributed by atoms with E-state index < -0.39 is 0 Å². The summed E-state index contributed by atoms with van der Waals surface area (Å²) in [5.41, 5.74) is 2.66. The van der Waals surface area contributed by atoms with E-state index in [-0.39, 0.29) is 6.61 Å². The molecule has 1 heterocycles. The topological polar surface area (TPSA) is 33.4 Å². The third-order valence-electron chi connectivity index (χ3n) is 2.89. The van der Waals surface area contributed by atoms with Gasteiger partial charge in [-0.2, -0.15) is 0 Å². The summed E-state index contributed by atoms with van der Waals surface area (Å²) in [6.45, 7) is -0.0127. The predicted octanol–water partition coefficient (Wildman–Crippen LogP) is 3.59. The Kier molecular flexibility index (Phi) is 2.42. The average molecular weight is 224 g/mol. The van der Waals surface area contributed by atoms with Gasteiger partial charge in [-0.05, 0) is 6.07 Å². The van der Waals surface area contributed by atoms with E-state index in [1.54, 1.807) is 0 Å². The average Bonchev–Trinajstić information content (AvgIpc) is 2.78. The van der Waals surface area contributed by atoms with Gasteiger partial charge in [-0.15, -0.1) is 0 Å². The van der Waals surface area contributed by atoms with Gasteiger partial charge in [0.1, 0.15) is 11.3 Å². The zero-order valence-electron chi connectivity index (χ0n) is 9.26. The maximum atomic E-state index is 9.51. The second-order valence-corrected chi connectivity index (χ2v) is 3.93. The summed E-state index contributed by atoms with van der Waals surface area (Å²) in [5.74, 6) is 0.759. The summed E-state index contributed by atoms with van der Waals surface area (Å²) in [4.78, 5) is 0. The summed E-state index contributed by atoms with van der Waals surface area (Å²) in [5, 5.41) is 10.5. The Balaban J connectivity index is 2.30. The van der Waals surface area contributed by atoms with Crippen molar-refractivity contribution in [2.45, 2.75) is 6.61 Å². The van der Waals surface area contributed by atoms with Crippen LogP contribution in [0, 0.1) is 0 Å². The third kappa shape index (κ3) is 1.63. The second-order valence-electron chi connectivity index (χ2n) is 3.93. The van der Waals surface area contributed by atoms with Gasteiger partial charge in [-0.3, -0.25) is 0 Å². The highest BCUT2D eigenvalue weighted by atomic mass is 16.3. The number of furan rings is 1. The molecule has 2 heteroatoms. The molecular weight excluding hydrogens is 212 g/mol. The lowest BCUT2D eigenvalue weighted by Crippen LogP contribution is -1.84. The Morgan fingerprint density at radius 1 is 0.882 bits per heavy atom. The van der Waals surface area contributed by atoms with E-state index in [1.807, 2.05) is 54.6 Å². The van der Waals surface area contributed by atoms with Gasteiger partial charge >= 0.3 is 0 Å². The van der Waals surface area contributed by atoms with Crippen LogP contribution in [-0.4, -0.2) is 5.11 Å². The van der Waals surface area contributed by atoms with Crippen molar-refractivity contribution in [1.29, 1.82) is 0 Å². The van der Waals surface area contributed by atoms with Crippen molar-refractivity contribution in [3.8, 4) is 11.3 Å². The highest BCUT2D eigenvalue weighted by Crippen LogP contribution is 2.33. The number of hydrogen-bond donors (Lipinski definition) is 1. The molecule has 2 nitrogen and oxygen atoms in total. The first-order valence-electron chi connectivity index (χ1n) is 5.57. The van der Waals surface area contributed by atoms with Gasteiger partial charge in [0.05, 0.1) is 6.61 Å². The van der Waals surface area contributed by atoms with E-state index >= 15 is 0 Å². The molecule has 0 aliphatic carbocycles. The number of hydrogen-bond acceptors (Lipinski definition) is 2. The Morgan fingerprint density at radius 3 is 2.35 bits per heavy atom. The Bertz CT molecular complexity index is 638. The lowest BCUT2D eigenvalue weighted by atomic mass is 10.1. The molecular formula is C15H12O2. The quantitative estimate of drug-likeness (QED) is 0.721. The van der Waals surface area contributed by atoms with Gasteiger partial charge in [0.25, 0.3) is 0 Å². The molecule has 0 fully saturated rings. The molecule has 0 saturated heterocycles. The third-order valence-corrected chi connectivity index (χ3v) is 2.89. The number of para-hydroxylation sites is 1. The second kappa shape index (κ2) is 4.07. The van der Waals surface area contributed by atoms with Crippen molar-refractivity contribution in [1.82, 2.24) is 0 Å². The van der Waals surface area contributed by atoms with E-state index in [9.17, 15) is 5.11 Å². The minimum Gasteiger partial charge on any atom is -0.456 e. The lowest BCUT2D eigenvalue weighted by molar-refractivity contribution is 0.282. The van der Waals surface area contributed by atoms with Crippen molar-refractivity contribution in [2.75, 3.05) is 0 Å². The van der Waals surface area contributed by atoms with E-state index in [1.165, 1.54) is 0 Å². The fourth-order valence-electron chi connectivity index (χ4n) is 2.08. The molecule has 0 bridgehead atoms. The van der Waals surface area contributed by atoms with Crippen LogP contribution in [0.1, 0.15) is 5.56 Å². The van der Waals surface area contributed by atoms with Gasteiger partial charge < -0.3 is 9.52 Å². The molecule has 0 saturated carbocycles. The Labute approximate surface area is 99.1 Å². The van der Waals surface area contributed by atoms with E-state index in [0.717, 1.165) is 27.9 Å². The Hall–Kier alpha value is -2.06. The zero-order chi connectivity index (χ0) is 11.7. The molecule has 84 valence electrons. The predicted molar refractivity (Wildman–Crippen MR) is 67.6 cm³/mol. The first kappa shape index (κ1) is 10.1. The molecule has 0 aliphatic heterocycles. The zero-order valence-corrected chi connectivity index (χ0v) is 9.26. The van der Waals surface area contributed by atoms with Gasteiger partial charge in [-0.25, -0.2) is 0 Å². The van der Waals surface area contributed by atoms with Crippen LogP contribution >= 0.6 is 0 Å². The van der Waals surface area contributed by atoms with Crippen LogP contribution in [0.5, 0.6) is 0 Å². The molecule has 3 aromatic rings. The van der Waals surface area contributed by atoms with Crippen molar-refractivity contribution in [2.24, 2.45) is 0 Å². The van der Waals surface area contributed by atoms with Crippen LogP contribution in [0.3, 0.4) is 0 Å². The van der Waals surface area contributed by atoms with Crippen molar-refractivity contribution >= 4 is 11.0 Å². The number of fused-ring (bicyclic) bond motifs is 1. The molecule has 0 radical (unpaired) electrons. The van der Waals surface area contributed by atoms with Crippen LogP contribution < -0.4 is 0 Å². The smallest absolute Gasteiger partial charge is 0.140 e. The van der Waals surface area contributed by atoms with Crippen LogP contribution in [0.15, 0.2) is 59.0 Å². The normalized spacial score (nSPS) is 10.9. The molecule has 1 aromatic heterocycles. The molecule has 0 spiro atoms. The van der Waals surface area contributed by atoms with E-state index in [4.69, 9.17) is 4.42 Å². The van der Waals surface area contributed by atoms with Crippen LogP contribution in [0.2, 0.25) is 0 Å². The molecule has 0 aliphatic rings. The monoisotopic (exact) mass is 224 g/mol. The molecule has 17 heavy (non-hydrogen) atoms. The fourth-order valence-corrected chi connectivity index (χ4v) is 2.08. The maximum absolute atomic E-state index is 9.51. The highest BCUT2D eigenvalue weighted by Gasteiger charge is 2.13. The molecule has 0 amide bonds. The van der Waals surface area contributed by atoms with Gasteiger partial charge in [-0.1, -0.05) is 48.5 Å². The van der Waals surface area contributed by atoms with Crippen LogP contribution in [-0.2, 0) is 6.61 Å². The number of aliphatic hydroxyl groups excluding tert-OH is 1. The first-order valence-corrected chi connectivity index (χ1v) is 5.57. The van der Waals surface area contributed by atoms with Gasteiger partial charge in [0.2, 0.25) is 0 Å². The standard InChI is InChI=1S/C15H12O2/c16-10-13-12-8-4-5-9-14(12)17-15(13)11-6-2-1-3-7-11/h1-9,16H,10H2. The number of rotatable bonds is 2. The van der Waals surface area contributed by atoms with Crippen molar-refractivity contribution < 1.29 is 9.52 Å². The van der Waals surface area contributed by atoms with Gasteiger partial charge in [0.15, 0.2) is 0 Å². The summed E-state index contributed by atoms with van der Waals surface area (Å²) >= 11 is 0. The molecule has 0 unspecified atom stereocenters. The molecule has 3 rings (SSSR count). The molecule has 2 aromatic carbocycles. The minimum atomic E-state index is -0.0127. The number of aliphatic hydroxyl groups is 1. The SMILES string of the molecule is OCc1c(-c2ccccc2)oc2ccccc12. The van der Waals surface area contributed by atoms with Crippen molar-refractivity contribution in [3.05, 3.63) is 60.2 Å². The summed E-state index contributed by atoms with van der Waals surface area (Å²) < 4.78 is 5.82. The largest absolute Gasteiger partial charge is 0.456 e. The summed E-state index contributed by atoms with van der Waals surface area (Å²) in [6.07, 6.45) is 0. The highest BCUT2D eigenvalue weighted by molar-refractivity contribution is 5.87. The first-order chi connectivity index (χ1) is 8.40. The number of benzene rings is 2. The summed E-state index contributed by atoms with van der Waals surface area (Å²) in [7, 11) is 0. The molecule has 0 atom stereocenters. The van der Waals surface area contributed by atoms with Gasteiger partial charge in [0, 0.05) is 16.5 Å². The fraction of sp³-hybridized carbons (Fsp3) is 0.0667. The Morgan fingerprint density at radius 2 is 1.59 bits per heavy atom. The van der Waals surface area contributed by atoms with Crippen LogP contribution in [0.25, 0.3) is 22.3 Å². The molecule has 1 N–H and O–H groups in total. The summed E-state index contributed by atoms with van der Waals surface area (Å²) in [6, 6.07) is 17.6. The lowest BCUT2D eigenvalue weighted by Gasteiger charge is -1.99.